The number of halogens is 1. The van der Waals surface area contributed by atoms with Crippen LogP contribution in [0.2, 0.25) is 5.02 Å². The monoisotopic (exact) mass is 330 g/mol. The van der Waals surface area contributed by atoms with Crippen LogP contribution in [0.25, 0.3) is 10.9 Å². The van der Waals surface area contributed by atoms with E-state index in [1.165, 1.54) is 7.11 Å². The lowest BCUT2D eigenvalue weighted by Crippen LogP contribution is -2.13. The predicted molar refractivity (Wildman–Crippen MR) is 90.8 cm³/mol. The van der Waals surface area contributed by atoms with Crippen LogP contribution in [0.5, 0.6) is 11.5 Å². The Bertz CT molecular complexity index is 873. The Kier molecular flexibility index (Phi) is 4.12. The lowest BCUT2D eigenvalue weighted by molar-refractivity contribution is 0.102. The molecule has 1 aromatic heterocycles. The summed E-state index contributed by atoms with van der Waals surface area (Å²) in [6, 6.07) is 12.4. The van der Waals surface area contributed by atoms with E-state index in [9.17, 15) is 4.79 Å². The third-order valence-electron chi connectivity index (χ3n) is 3.48. The number of ether oxygens (including phenoxy) is 2. The van der Waals surface area contributed by atoms with E-state index >= 15 is 0 Å². The average molecular weight is 331 g/mol. The van der Waals surface area contributed by atoms with E-state index < -0.39 is 0 Å². The van der Waals surface area contributed by atoms with Crippen LogP contribution < -0.4 is 14.8 Å². The molecule has 3 rings (SSSR count). The molecule has 0 spiro atoms. The van der Waals surface area contributed by atoms with Crippen molar-refractivity contribution in [3.63, 3.8) is 0 Å². The maximum atomic E-state index is 12.4. The minimum atomic E-state index is -0.263. The highest BCUT2D eigenvalue weighted by Gasteiger charge is 2.13. The van der Waals surface area contributed by atoms with Crippen LogP contribution in [-0.2, 0) is 0 Å². The maximum absolute atomic E-state index is 12.4. The number of methoxy groups -OCH3 is 2. The van der Waals surface area contributed by atoms with Crippen LogP contribution >= 0.6 is 11.6 Å². The first-order valence-electron chi connectivity index (χ1n) is 6.92. The topological polar surface area (TPSA) is 63.3 Å². The van der Waals surface area contributed by atoms with Gasteiger partial charge in [-0.1, -0.05) is 11.6 Å². The summed E-state index contributed by atoms with van der Waals surface area (Å²) < 4.78 is 10.4. The molecule has 3 aromatic rings. The maximum Gasteiger partial charge on any atom is 0.272 e. The normalized spacial score (nSPS) is 10.6. The Balaban J connectivity index is 1.88. The van der Waals surface area contributed by atoms with E-state index in [4.69, 9.17) is 21.1 Å². The second kappa shape index (κ2) is 6.22. The summed E-state index contributed by atoms with van der Waals surface area (Å²) in [5.41, 5.74) is 1.86. The first kappa shape index (κ1) is 15.2. The number of nitrogens with one attached hydrogen (secondary N) is 2. The Hall–Kier alpha value is -2.66. The summed E-state index contributed by atoms with van der Waals surface area (Å²) in [6.07, 6.45) is 0. The fourth-order valence-corrected chi connectivity index (χ4v) is 2.50. The summed E-state index contributed by atoms with van der Waals surface area (Å²) in [5, 5.41) is 4.33. The average Bonchev–Trinajstić information content (AvgIpc) is 2.98. The number of carbonyl (C=O) groups is 1. The Morgan fingerprint density at radius 3 is 2.65 bits per heavy atom. The van der Waals surface area contributed by atoms with Crippen molar-refractivity contribution in [3.05, 3.63) is 53.2 Å². The SMILES string of the molecule is COc1ccc(NC(=O)c2cc3cc(Cl)ccc3[nH]2)c(OC)c1. The third kappa shape index (κ3) is 3.10. The van der Waals surface area contributed by atoms with Gasteiger partial charge in [0.15, 0.2) is 0 Å². The molecule has 0 fully saturated rings. The second-order valence-corrected chi connectivity index (χ2v) is 5.37. The molecule has 118 valence electrons. The van der Waals surface area contributed by atoms with E-state index in [1.54, 1.807) is 43.5 Å². The fraction of sp³-hybridized carbons (Fsp3) is 0.118. The zero-order chi connectivity index (χ0) is 16.4. The van der Waals surface area contributed by atoms with Crippen LogP contribution in [0.1, 0.15) is 10.5 Å². The van der Waals surface area contributed by atoms with Gasteiger partial charge in [0.2, 0.25) is 0 Å². The molecule has 0 aliphatic rings. The van der Waals surface area contributed by atoms with Crippen molar-refractivity contribution in [2.24, 2.45) is 0 Å². The van der Waals surface area contributed by atoms with Gasteiger partial charge in [0.1, 0.15) is 17.2 Å². The van der Waals surface area contributed by atoms with Gasteiger partial charge in [-0.2, -0.15) is 0 Å². The van der Waals surface area contributed by atoms with Crippen LogP contribution in [0, 0.1) is 0 Å². The molecule has 0 saturated heterocycles. The van der Waals surface area contributed by atoms with Crippen molar-refractivity contribution in [2.45, 2.75) is 0 Å². The molecule has 23 heavy (non-hydrogen) atoms. The van der Waals surface area contributed by atoms with Crippen molar-refractivity contribution < 1.29 is 14.3 Å². The molecule has 1 amide bonds. The zero-order valence-corrected chi connectivity index (χ0v) is 13.4. The molecule has 0 aliphatic carbocycles. The number of hydrogen-bond donors (Lipinski definition) is 2. The molecular weight excluding hydrogens is 316 g/mol. The molecular formula is C17H15ClN2O3. The van der Waals surface area contributed by atoms with Gasteiger partial charge >= 0.3 is 0 Å². The van der Waals surface area contributed by atoms with Crippen LogP contribution in [0.3, 0.4) is 0 Å². The zero-order valence-electron chi connectivity index (χ0n) is 12.6. The number of hydrogen-bond acceptors (Lipinski definition) is 3. The fourth-order valence-electron chi connectivity index (χ4n) is 2.32. The van der Waals surface area contributed by atoms with E-state index in [0.29, 0.717) is 27.9 Å². The van der Waals surface area contributed by atoms with Crippen molar-refractivity contribution in [3.8, 4) is 11.5 Å². The number of aromatic nitrogens is 1. The number of H-pyrrole nitrogens is 1. The van der Waals surface area contributed by atoms with Crippen molar-refractivity contribution in [2.75, 3.05) is 19.5 Å². The highest BCUT2D eigenvalue weighted by Crippen LogP contribution is 2.29. The van der Waals surface area contributed by atoms with Gasteiger partial charge < -0.3 is 19.8 Å². The number of rotatable bonds is 4. The van der Waals surface area contributed by atoms with Crippen LogP contribution in [-0.4, -0.2) is 25.1 Å². The van der Waals surface area contributed by atoms with Crippen molar-refractivity contribution in [1.82, 2.24) is 4.98 Å². The largest absolute Gasteiger partial charge is 0.497 e. The Morgan fingerprint density at radius 2 is 1.91 bits per heavy atom. The van der Waals surface area contributed by atoms with Crippen molar-refractivity contribution >= 4 is 34.1 Å². The molecule has 2 N–H and O–H groups in total. The minimum absolute atomic E-state index is 0.263. The van der Waals surface area contributed by atoms with Gasteiger partial charge in [-0.25, -0.2) is 0 Å². The molecule has 1 heterocycles. The molecule has 0 saturated carbocycles. The minimum Gasteiger partial charge on any atom is -0.497 e. The first-order valence-corrected chi connectivity index (χ1v) is 7.30. The number of benzene rings is 2. The van der Waals surface area contributed by atoms with Gasteiger partial charge in [-0.15, -0.1) is 0 Å². The second-order valence-electron chi connectivity index (χ2n) is 4.93. The summed E-state index contributed by atoms with van der Waals surface area (Å²) in [5.74, 6) is 0.915. The smallest absolute Gasteiger partial charge is 0.272 e. The highest BCUT2D eigenvalue weighted by atomic mass is 35.5. The lowest BCUT2D eigenvalue weighted by Gasteiger charge is -2.11. The number of amides is 1. The molecule has 0 atom stereocenters. The Morgan fingerprint density at radius 1 is 1.09 bits per heavy atom. The molecule has 0 bridgehead atoms. The van der Waals surface area contributed by atoms with Crippen molar-refractivity contribution in [1.29, 1.82) is 0 Å². The quantitative estimate of drug-likeness (QED) is 0.757. The van der Waals surface area contributed by atoms with Gasteiger partial charge in [-0.3, -0.25) is 4.79 Å². The summed E-state index contributed by atoms with van der Waals surface area (Å²) >= 11 is 5.96. The van der Waals surface area contributed by atoms with Crippen LogP contribution in [0.4, 0.5) is 5.69 Å². The summed E-state index contributed by atoms with van der Waals surface area (Å²) in [4.78, 5) is 15.5. The summed E-state index contributed by atoms with van der Waals surface area (Å²) in [7, 11) is 3.11. The number of fused-ring (bicyclic) bond motifs is 1. The predicted octanol–water partition coefficient (Wildman–Crippen LogP) is 4.09. The van der Waals surface area contributed by atoms with Gasteiger partial charge in [0.25, 0.3) is 5.91 Å². The van der Waals surface area contributed by atoms with Gasteiger partial charge in [-0.05, 0) is 36.4 Å². The van der Waals surface area contributed by atoms with E-state index in [-0.39, 0.29) is 5.91 Å². The Labute approximate surface area is 138 Å². The first-order chi connectivity index (χ1) is 11.1. The number of aromatic amines is 1. The van der Waals surface area contributed by atoms with E-state index in [0.717, 1.165) is 10.9 Å². The number of anilines is 1. The molecule has 6 heteroatoms. The third-order valence-corrected chi connectivity index (χ3v) is 3.72. The van der Waals surface area contributed by atoms with E-state index in [2.05, 4.69) is 10.3 Å². The molecule has 5 nitrogen and oxygen atoms in total. The standard InChI is InChI=1S/C17H15ClN2O3/c1-22-12-4-6-14(16(9-12)23-2)20-17(21)15-8-10-7-11(18)3-5-13(10)19-15/h3-9,19H,1-2H3,(H,20,21). The van der Waals surface area contributed by atoms with Gasteiger partial charge in [0, 0.05) is 22.0 Å². The van der Waals surface area contributed by atoms with Gasteiger partial charge in [0.05, 0.1) is 19.9 Å². The number of carbonyl (C=O) groups excluding carboxylic acids is 1. The highest BCUT2D eigenvalue weighted by molar-refractivity contribution is 6.31. The lowest BCUT2D eigenvalue weighted by atomic mass is 10.2. The molecule has 2 aromatic carbocycles. The van der Waals surface area contributed by atoms with Crippen LogP contribution in [0.15, 0.2) is 42.5 Å². The molecule has 0 radical (unpaired) electrons. The summed E-state index contributed by atoms with van der Waals surface area (Å²) in [6.45, 7) is 0. The molecule has 0 aliphatic heterocycles. The van der Waals surface area contributed by atoms with E-state index in [1.807, 2.05) is 6.07 Å². The molecule has 0 unspecified atom stereocenters.